The normalized spacial score (nSPS) is 12.4. The number of hydrogen-bond donors (Lipinski definition) is 2. The van der Waals surface area contributed by atoms with Crippen LogP contribution in [0.5, 0.6) is 5.75 Å². The van der Waals surface area contributed by atoms with Gasteiger partial charge in [0.05, 0.1) is 13.2 Å². The van der Waals surface area contributed by atoms with Gasteiger partial charge in [-0.2, -0.15) is 0 Å². The van der Waals surface area contributed by atoms with Gasteiger partial charge in [-0.1, -0.05) is 13.0 Å². The van der Waals surface area contributed by atoms with E-state index in [1.807, 2.05) is 6.20 Å². The minimum atomic E-state index is -0.385. The molecule has 1 aromatic carbocycles. The van der Waals surface area contributed by atoms with Crippen LogP contribution in [-0.2, 0) is 13.0 Å². The third kappa shape index (κ3) is 3.59. The summed E-state index contributed by atoms with van der Waals surface area (Å²) < 4.78 is 20.6. The zero-order valence-electron chi connectivity index (χ0n) is 12.3. The first-order valence-corrected chi connectivity index (χ1v) is 6.99. The van der Waals surface area contributed by atoms with E-state index in [0.717, 1.165) is 24.4 Å². The Morgan fingerprint density at radius 3 is 2.95 bits per heavy atom. The second kappa shape index (κ2) is 7.19. The van der Waals surface area contributed by atoms with Crippen LogP contribution in [0.2, 0.25) is 0 Å². The highest BCUT2D eigenvalue weighted by Gasteiger charge is 2.16. The minimum Gasteiger partial charge on any atom is -0.494 e. The van der Waals surface area contributed by atoms with Crippen molar-refractivity contribution in [2.75, 3.05) is 7.11 Å². The molecular formula is C15H21FN4O. The molecule has 0 spiro atoms. The standard InChI is InChI=1S/C15H21FN4O/c1-3-7-20-8-6-18-15(20)10-13(19-17)11-4-5-12(16)14(9-11)21-2/h4-6,8-9,13,19H,3,7,10,17H2,1-2H3. The Morgan fingerprint density at radius 1 is 1.48 bits per heavy atom. The first kappa shape index (κ1) is 15.5. The van der Waals surface area contributed by atoms with E-state index in [-0.39, 0.29) is 17.6 Å². The first-order valence-electron chi connectivity index (χ1n) is 6.99. The zero-order chi connectivity index (χ0) is 15.2. The van der Waals surface area contributed by atoms with Crippen molar-refractivity contribution in [3.05, 3.63) is 47.8 Å². The van der Waals surface area contributed by atoms with E-state index in [4.69, 9.17) is 10.6 Å². The SMILES string of the molecule is CCCn1ccnc1CC(NN)c1ccc(F)c(OC)c1. The summed E-state index contributed by atoms with van der Waals surface area (Å²) in [5.74, 6) is 6.43. The van der Waals surface area contributed by atoms with Crippen LogP contribution in [0.1, 0.15) is 30.8 Å². The minimum absolute atomic E-state index is 0.155. The number of nitrogens with zero attached hydrogens (tertiary/aromatic N) is 2. The number of aryl methyl sites for hydroxylation is 1. The second-order valence-electron chi connectivity index (χ2n) is 4.85. The average molecular weight is 292 g/mol. The van der Waals surface area contributed by atoms with E-state index in [9.17, 15) is 4.39 Å². The molecule has 114 valence electrons. The molecule has 3 N–H and O–H groups in total. The summed E-state index contributed by atoms with van der Waals surface area (Å²) in [4.78, 5) is 4.37. The van der Waals surface area contributed by atoms with Crippen LogP contribution >= 0.6 is 0 Å². The van der Waals surface area contributed by atoms with Gasteiger partial charge < -0.3 is 9.30 Å². The molecule has 0 aliphatic heterocycles. The fourth-order valence-electron chi connectivity index (χ4n) is 2.32. The Hall–Kier alpha value is -1.92. The van der Waals surface area contributed by atoms with Crippen LogP contribution in [-0.4, -0.2) is 16.7 Å². The molecule has 0 saturated carbocycles. The van der Waals surface area contributed by atoms with Crippen molar-refractivity contribution in [3.8, 4) is 5.75 Å². The molecular weight excluding hydrogens is 271 g/mol. The number of methoxy groups -OCH3 is 1. The van der Waals surface area contributed by atoms with Crippen LogP contribution in [0.25, 0.3) is 0 Å². The number of rotatable bonds is 7. The predicted octanol–water partition coefficient (Wildman–Crippen LogP) is 2.19. The molecule has 21 heavy (non-hydrogen) atoms. The van der Waals surface area contributed by atoms with Crippen LogP contribution in [0.4, 0.5) is 4.39 Å². The van der Waals surface area contributed by atoms with Gasteiger partial charge in [0.15, 0.2) is 11.6 Å². The lowest BCUT2D eigenvalue weighted by Gasteiger charge is -2.18. The first-order chi connectivity index (χ1) is 10.2. The van der Waals surface area contributed by atoms with E-state index in [2.05, 4.69) is 21.9 Å². The number of ether oxygens (including phenoxy) is 1. The van der Waals surface area contributed by atoms with Crippen molar-refractivity contribution >= 4 is 0 Å². The molecule has 0 aliphatic rings. The highest BCUT2D eigenvalue weighted by Crippen LogP contribution is 2.24. The van der Waals surface area contributed by atoms with Gasteiger partial charge in [0.2, 0.25) is 0 Å². The van der Waals surface area contributed by atoms with E-state index < -0.39 is 0 Å². The quantitative estimate of drug-likeness (QED) is 0.606. The second-order valence-corrected chi connectivity index (χ2v) is 4.85. The Bertz CT molecular complexity index is 585. The summed E-state index contributed by atoms with van der Waals surface area (Å²) in [7, 11) is 1.45. The van der Waals surface area contributed by atoms with Gasteiger partial charge in [-0.05, 0) is 24.1 Å². The summed E-state index contributed by atoms with van der Waals surface area (Å²) in [6, 6.07) is 4.59. The van der Waals surface area contributed by atoms with Crippen LogP contribution < -0.4 is 16.0 Å². The molecule has 1 heterocycles. The van der Waals surface area contributed by atoms with Crippen LogP contribution in [0.3, 0.4) is 0 Å². The maximum Gasteiger partial charge on any atom is 0.165 e. The molecule has 0 aliphatic carbocycles. The third-order valence-corrected chi connectivity index (χ3v) is 3.43. The Morgan fingerprint density at radius 2 is 2.29 bits per heavy atom. The fraction of sp³-hybridized carbons (Fsp3) is 0.400. The fourth-order valence-corrected chi connectivity index (χ4v) is 2.32. The lowest BCUT2D eigenvalue weighted by molar-refractivity contribution is 0.384. The molecule has 0 fully saturated rings. The Labute approximate surface area is 123 Å². The van der Waals surface area contributed by atoms with E-state index in [0.29, 0.717) is 6.42 Å². The number of nitrogens with one attached hydrogen (secondary N) is 1. The monoisotopic (exact) mass is 292 g/mol. The summed E-state index contributed by atoms with van der Waals surface area (Å²) in [6.45, 7) is 3.03. The van der Waals surface area contributed by atoms with Gasteiger partial charge in [0, 0.05) is 25.4 Å². The van der Waals surface area contributed by atoms with Gasteiger partial charge in [0.25, 0.3) is 0 Å². The van der Waals surface area contributed by atoms with Gasteiger partial charge >= 0.3 is 0 Å². The lowest BCUT2D eigenvalue weighted by atomic mass is 10.0. The van der Waals surface area contributed by atoms with Gasteiger partial charge in [-0.15, -0.1) is 0 Å². The summed E-state index contributed by atoms with van der Waals surface area (Å²) >= 11 is 0. The highest BCUT2D eigenvalue weighted by atomic mass is 19.1. The molecule has 2 aromatic rings. The van der Waals surface area contributed by atoms with E-state index >= 15 is 0 Å². The highest BCUT2D eigenvalue weighted by molar-refractivity contribution is 5.32. The number of hydrazine groups is 1. The molecule has 1 aromatic heterocycles. The molecule has 6 heteroatoms. The zero-order valence-corrected chi connectivity index (χ0v) is 12.3. The Balaban J connectivity index is 2.21. The molecule has 0 radical (unpaired) electrons. The molecule has 0 amide bonds. The molecule has 1 atom stereocenters. The molecule has 5 nitrogen and oxygen atoms in total. The predicted molar refractivity (Wildman–Crippen MR) is 79.2 cm³/mol. The number of hydrogen-bond acceptors (Lipinski definition) is 4. The summed E-state index contributed by atoms with van der Waals surface area (Å²) in [5, 5.41) is 0. The number of aromatic nitrogens is 2. The number of nitrogens with two attached hydrogens (primary N) is 1. The van der Waals surface area contributed by atoms with Gasteiger partial charge in [-0.25, -0.2) is 9.37 Å². The third-order valence-electron chi connectivity index (χ3n) is 3.43. The van der Waals surface area contributed by atoms with Crippen LogP contribution in [0, 0.1) is 5.82 Å². The van der Waals surface area contributed by atoms with Gasteiger partial charge in [-0.3, -0.25) is 11.3 Å². The van der Waals surface area contributed by atoms with E-state index in [1.54, 1.807) is 18.3 Å². The van der Waals surface area contributed by atoms with Crippen molar-refractivity contribution in [1.82, 2.24) is 15.0 Å². The Kier molecular flexibility index (Phi) is 5.30. The smallest absolute Gasteiger partial charge is 0.165 e. The van der Waals surface area contributed by atoms with Crippen molar-refractivity contribution in [3.63, 3.8) is 0 Å². The van der Waals surface area contributed by atoms with Crippen molar-refractivity contribution in [1.29, 1.82) is 0 Å². The average Bonchev–Trinajstić information content (AvgIpc) is 2.93. The largest absolute Gasteiger partial charge is 0.494 e. The van der Waals surface area contributed by atoms with Gasteiger partial charge in [0.1, 0.15) is 5.82 Å². The number of benzene rings is 1. The molecule has 1 unspecified atom stereocenters. The van der Waals surface area contributed by atoms with E-state index in [1.165, 1.54) is 13.2 Å². The molecule has 0 bridgehead atoms. The molecule has 0 saturated heterocycles. The van der Waals surface area contributed by atoms with Crippen LogP contribution in [0.15, 0.2) is 30.6 Å². The maximum atomic E-state index is 13.5. The van der Waals surface area contributed by atoms with Crippen molar-refractivity contribution in [2.24, 2.45) is 5.84 Å². The summed E-state index contributed by atoms with van der Waals surface area (Å²) in [5.41, 5.74) is 3.63. The lowest BCUT2D eigenvalue weighted by Crippen LogP contribution is -2.30. The summed E-state index contributed by atoms with van der Waals surface area (Å²) in [6.07, 6.45) is 5.40. The van der Waals surface area contributed by atoms with Crippen molar-refractivity contribution < 1.29 is 9.13 Å². The maximum absolute atomic E-state index is 13.5. The topological polar surface area (TPSA) is 65.1 Å². The molecule has 2 rings (SSSR count). The number of imidazole rings is 1. The van der Waals surface area contributed by atoms with Crippen molar-refractivity contribution in [2.45, 2.75) is 32.4 Å². The number of halogens is 1.